The van der Waals surface area contributed by atoms with Gasteiger partial charge in [0.25, 0.3) is 0 Å². The van der Waals surface area contributed by atoms with Crippen LogP contribution in [0.15, 0.2) is 42.6 Å². The van der Waals surface area contributed by atoms with Gasteiger partial charge < -0.3 is 9.80 Å². The number of fused-ring (bicyclic) bond motifs is 3. The number of hydrogen-bond acceptors (Lipinski definition) is 6. The first kappa shape index (κ1) is 17.2. The summed E-state index contributed by atoms with van der Waals surface area (Å²) in [5.74, 6) is 3.00. The molecular weight excluding hydrogens is 386 g/mol. The van der Waals surface area contributed by atoms with E-state index >= 15 is 0 Å². The molecule has 0 N–H and O–H groups in total. The Bertz CT molecular complexity index is 1070. The van der Waals surface area contributed by atoms with Crippen molar-refractivity contribution in [3.05, 3.63) is 59.0 Å². The molecule has 1 spiro atoms. The van der Waals surface area contributed by atoms with Crippen molar-refractivity contribution in [3.63, 3.8) is 0 Å². The van der Waals surface area contributed by atoms with Gasteiger partial charge in [0.2, 0.25) is 5.95 Å². The first-order valence-electron chi connectivity index (χ1n) is 9.93. The molecule has 5 heterocycles. The summed E-state index contributed by atoms with van der Waals surface area (Å²) in [5.41, 5.74) is 2.69. The van der Waals surface area contributed by atoms with Crippen molar-refractivity contribution in [2.75, 3.05) is 43.0 Å². The maximum Gasteiger partial charge on any atom is 0.231 e. The van der Waals surface area contributed by atoms with Gasteiger partial charge in [-0.1, -0.05) is 17.7 Å². The average Bonchev–Trinajstić information content (AvgIpc) is 2.97. The predicted molar refractivity (Wildman–Crippen MR) is 113 cm³/mol. The van der Waals surface area contributed by atoms with Gasteiger partial charge in [-0.15, -0.1) is 10.2 Å². The molecule has 0 unspecified atom stereocenters. The van der Waals surface area contributed by atoms with Crippen molar-refractivity contribution in [1.82, 2.24) is 24.6 Å². The summed E-state index contributed by atoms with van der Waals surface area (Å²) in [6.45, 7) is 5.74. The van der Waals surface area contributed by atoms with Gasteiger partial charge in [0.05, 0.1) is 12.2 Å². The molecule has 29 heavy (non-hydrogen) atoms. The van der Waals surface area contributed by atoms with Gasteiger partial charge in [0.1, 0.15) is 5.82 Å². The number of hydrogen-bond donors (Lipinski definition) is 0. The van der Waals surface area contributed by atoms with Gasteiger partial charge in [-0.25, -0.2) is 4.98 Å². The Morgan fingerprint density at radius 3 is 2.59 bits per heavy atom. The van der Waals surface area contributed by atoms with E-state index in [0.717, 1.165) is 67.6 Å². The molecule has 2 saturated heterocycles. The Labute approximate surface area is 174 Å². The summed E-state index contributed by atoms with van der Waals surface area (Å²) in [4.78, 5) is 11.4. The Kier molecular flexibility index (Phi) is 3.67. The van der Waals surface area contributed by atoms with E-state index < -0.39 is 0 Å². The predicted octanol–water partition coefficient (Wildman–Crippen LogP) is 2.59. The van der Waals surface area contributed by atoms with Crippen molar-refractivity contribution in [1.29, 1.82) is 0 Å². The third-order valence-electron chi connectivity index (χ3n) is 6.21. The number of benzene rings is 1. The van der Waals surface area contributed by atoms with Crippen LogP contribution in [-0.4, -0.2) is 57.9 Å². The molecule has 2 fully saturated rings. The first-order valence-corrected chi connectivity index (χ1v) is 10.3. The van der Waals surface area contributed by atoms with Crippen LogP contribution in [0.1, 0.15) is 11.4 Å². The standard InChI is InChI=1S/C21H22ClN7/c1-26-9-15-8-16(22)5-6-17(15)29-19(10-26)24-25-20(29)28-13-21(14-28)11-27(12-21)18-4-2-3-7-23-18/h2-8H,9-14H2,1H3. The lowest BCUT2D eigenvalue weighted by Crippen LogP contribution is -2.73. The average molecular weight is 408 g/mol. The van der Waals surface area contributed by atoms with Gasteiger partial charge in [-0.3, -0.25) is 9.47 Å². The quantitative estimate of drug-likeness (QED) is 0.651. The van der Waals surface area contributed by atoms with Gasteiger partial charge >= 0.3 is 0 Å². The molecule has 8 heteroatoms. The van der Waals surface area contributed by atoms with E-state index in [1.54, 1.807) is 0 Å². The maximum atomic E-state index is 6.27. The normalized spacial score (nSPS) is 19.9. The molecule has 0 bridgehead atoms. The maximum absolute atomic E-state index is 6.27. The zero-order valence-corrected chi connectivity index (χ0v) is 17.0. The van der Waals surface area contributed by atoms with Crippen molar-refractivity contribution in [2.45, 2.75) is 13.1 Å². The minimum atomic E-state index is 0.342. The van der Waals surface area contributed by atoms with E-state index in [2.05, 4.69) is 59.7 Å². The zero-order chi connectivity index (χ0) is 19.6. The highest BCUT2D eigenvalue weighted by Gasteiger charge is 2.53. The highest BCUT2D eigenvalue weighted by atomic mass is 35.5. The van der Waals surface area contributed by atoms with E-state index in [-0.39, 0.29) is 0 Å². The zero-order valence-electron chi connectivity index (χ0n) is 16.3. The van der Waals surface area contributed by atoms with Crippen LogP contribution < -0.4 is 9.80 Å². The van der Waals surface area contributed by atoms with Crippen LogP contribution in [0.25, 0.3) is 5.69 Å². The lowest BCUT2D eigenvalue weighted by Gasteiger charge is -2.60. The molecule has 3 aliphatic heterocycles. The van der Waals surface area contributed by atoms with Crippen molar-refractivity contribution >= 4 is 23.4 Å². The molecule has 0 saturated carbocycles. The molecule has 3 aromatic rings. The number of anilines is 2. The van der Waals surface area contributed by atoms with Crippen LogP contribution >= 0.6 is 11.6 Å². The minimum absolute atomic E-state index is 0.342. The van der Waals surface area contributed by atoms with E-state index in [4.69, 9.17) is 11.6 Å². The van der Waals surface area contributed by atoms with E-state index in [9.17, 15) is 0 Å². The molecule has 0 radical (unpaired) electrons. The van der Waals surface area contributed by atoms with Gasteiger partial charge in [-0.05, 0) is 42.9 Å². The van der Waals surface area contributed by atoms with E-state index in [1.165, 1.54) is 5.56 Å². The Balaban J connectivity index is 1.25. The van der Waals surface area contributed by atoms with Crippen molar-refractivity contribution < 1.29 is 0 Å². The summed E-state index contributed by atoms with van der Waals surface area (Å²) in [6.07, 6.45) is 1.86. The summed E-state index contributed by atoms with van der Waals surface area (Å²) < 4.78 is 2.22. The van der Waals surface area contributed by atoms with Gasteiger partial charge in [0, 0.05) is 49.4 Å². The van der Waals surface area contributed by atoms with Crippen LogP contribution in [0, 0.1) is 5.41 Å². The van der Waals surface area contributed by atoms with Crippen LogP contribution in [0.3, 0.4) is 0 Å². The van der Waals surface area contributed by atoms with E-state index in [0.29, 0.717) is 5.41 Å². The number of nitrogens with zero attached hydrogens (tertiary/aromatic N) is 7. The second-order valence-electron chi connectivity index (χ2n) is 8.60. The second kappa shape index (κ2) is 6.18. The SMILES string of the molecule is CN1Cc2cc(Cl)ccc2-n2c(nnc2N2CC3(CN(c4ccccn4)C3)C2)C1. The monoisotopic (exact) mass is 407 g/mol. The highest BCUT2D eigenvalue weighted by Crippen LogP contribution is 2.43. The lowest BCUT2D eigenvalue weighted by atomic mass is 9.73. The fourth-order valence-corrected chi connectivity index (χ4v) is 5.11. The van der Waals surface area contributed by atoms with Crippen LogP contribution in [0.4, 0.5) is 11.8 Å². The van der Waals surface area contributed by atoms with Crippen LogP contribution in [-0.2, 0) is 13.1 Å². The number of aromatic nitrogens is 4. The van der Waals surface area contributed by atoms with Crippen LogP contribution in [0.5, 0.6) is 0 Å². The summed E-state index contributed by atoms with van der Waals surface area (Å²) >= 11 is 6.27. The fraction of sp³-hybridized carbons (Fsp3) is 0.381. The first-order chi connectivity index (χ1) is 14.1. The third kappa shape index (κ3) is 2.72. The summed E-state index contributed by atoms with van der Waals surface area (Å²) in [7, 11) is 2.11. The van der Waals surface area contributed by atoms with Crippen LogP contribution in [0.2, 0.25) is 5.02 Å². The Morgan fingerprint density at radius 1 is 0.966 bits per heavy atom. The molecule has 7 nitrogen and oxygen atoms in total. The topological polar surface area (TPSA) is 53.3 Å². The lowest BCUT2D eigenvalue weighted by molar-refractivity contribution is 0.153. The molecule has 1 aromatic carbocycles. The molecule has 6 rings (SSSR count). The fourth-order valence-electron chi connectivity index (χ4n) is 4.92. The number of halogens is 1. The summed E-state index contributed by atoms with van der Waals surface area (Å²) in [6, 6.07) is 12.2. The largest absolute Gasteiger partial charge is 0.355 e. The van der Waals surface area contributed by atoms with Crippen molar-refractivity contribution in [2.24, 2.45) is 5.41 Å². The number of pyridine rings is 1. The highest BCUT2D eigenvalue weighted by molar-refractivity contribution is 6.30. The smallest absolute Gasteiger partial charge is 0.231 e. The molecule has 2 aromatic heterocycles. The molecular formula is C21H22ClN7. The second-order valence-corrected chi connectivity index (χ2v) is 9.03. The Morgan fingerprint density at radius 2 is 1.79 bits per heavy atom. The summed E-state index contributed by atoms with van der Waals surface area (Å²) in [5, 5.41) is 9.86. The molecule has 0 amide bonds. The number of rotatable bonds is 2. The molecule has 0 atom stereocenters. The molecule has 3 aliphatic rings. The molecule has 148 valence electrons. The Hall–Kier alpha value is -2.64. The van der Waals surface area contributed by atoms with Gasteiger partial charge in [0.15, 0.2) is 5.82 Å². The van der Waals surface area contributed by atoms with E-state index in [1.807, 2.05) is 24.4 Å². The van der Waals surface area contributed by atoms with Gasteiger partial charge in [-0.2, -0.15) is 0 Å². The third-order valence-corrected chi connectivity index (χ3v) is 6.44. The molecule has 0 aliphatic carbocycles. The minimum Gasteiger partial charge on any atom is -0.355 e. The van der Waals surface area contributed by atoms with Crippen molar-refractivity contribution in [3.8, 4) is 5.69 Å².